The molecule has 1 unspecified atom stereocenters. The van der Waals surface area contributed by atoms with Gasteiger partial charge >= 0.3 is 5.97 Å². The Kier molecular flexibility index (Phi) is 6.47. The normalized spacial score (nSPS) is 32.3. The molecule has 1 heterocycles. The van der Waals surface area contributed by atoms with E-state index in [1.807, 2.05) is 13.8 Å². The van der Waals surface area contributed by atoms with Crippen LogP contribution in [0.5, 0.6) is 0 Å². The smallest absolute Gasteiger partial charge is 0.302 e. The number of amides is 1. The fourth-order valence-corrected chi connectivity index (χ4v) is 3.34. The molecule has 120 valence electrons. The number of nitrogens with one attached hydrogen (secondary N) is 2. The molecular formula is C13H23N3O4S. The van der Waals surface area contributed by atoms with Crippen molar-refractivity contribution < 1.29 is 19.1 Å². The van der Waals surface area contributed by atoms with Gasteiger partial charge in [0.1, 0.15) is 17.6 Å². The number of esters is 1. The van der Waals surface area contributed by atoms with Gasteiger partial charge in [-0.05, 0) is 6.42 Å². The Balaban J connectivity index is 3.05. The number of thioether (sulfide) groups is 1. The van der Waals surface area contributed by atoms with Crippen LogP contribution in [-0.2, 0) is 19.1 Å². The van der Waals surface area contributed by atoms with E-state index < -0.39 is 23.6 Å². The number of nitrogens with two attached hydrogens (primary N) is 1. The van der Waals surface area contributed by atoms with E-state index in [1.165, 1.54) is 13.8 Å². The molecule has 8 heteroatoms. The molecule has 0 aromatic carbocycles. The van der Waals surface area contributed by atoms with Crippen molar-refractivity contribution in [3.63, 3.8) is 0 Å². The lowest BCUT2D eigenvalue weighted by Gasteiger charge is -2.44. The Morgan fingerprint density at radius 1 is 1.43 bits per heavy atom. The van der Waals surface area contributed by atoms with Gasteiger partial charge in [-0.3, -0.25) is 15.0 Å². The first-order valence-corrected chi connectivity index (χ1v) is 7.74. The molecule has 0 aliphatic carbocycles. The molecule has 1 amide bonds. The van der Waals surface area contributed by atoms with Gasteiger partial charge in [0.2, 0.25) is 5.91 Å². The van der Waals surface area contributed by atoms with Crippen molar-refractivity contribution in [2.75, 3.05) is 0 Å². The topological polar surface area (TPSA) is 114 Å². The second-order valence-electron chi connectivity index (χ2n) is 5.09. The van der Waals surface area contributed by atoms with E-state index in [9.17, 15) is 9.59 Å². The highest BCUT2D eigenvalue weighted by Crippen LogP contribution is 2.34. The monoisotopic (exact) mass is 317 g/mol. The standard InChI is InChI=1S/C13H23N3O4S/c1-5-9-6(2)11(19-8(4)18)10(16-7(3)17)12(20-9)21-13(14)15/h6,9-12H,5H2,1-4H3,(H3,14,15)(H,16,17)/t6-,9-,10-,11+,12?/m1/s1. The van der Waals surface area contributed by atoms with Crippen LogP contribution in [0.1, 0.15) is 34.1 Å². The largest absolute Gasteiger partial charge is 0.460 e. The van der Waals surface area contributed by atoms with Crippen molar-refractivity contribution in [3.05, 3.63) is 0 Å². The van der Waals surface area contributed by atoms with E-state index in [1.54, 1.807) is 0 Å². The lowest BCUT2D eigenvalue weighted by molar-refractivity contribution is -0.171. The summed E-state index contributed by atoms with van der Waals surface area (Å²) in [5.41, 5.74) is 4.87. The Bertz CT molecular complexity index is 418. The zero-order valence-electron chi connectivity index (χ0n) is 12.7. The molecule has 0 bridgehead atoms. The first kappa shape index (κ1) is 17.8. The summed E-state index contributed by atoms with van der Waals surface area (Å²) in [4.78, 5) is 22.8. The molecule has 0 radical (unpaired) electrons. The minimum Gasteiger partial charge on any atom is -0.460 e. The summed E-state index contributed by atoms with van der Waals surface area (Å²) in [6.45, 7) is 6.61. The number of amidine groups is 1. The lowest BCUT2D eigenvalue weighted by atomic mass is 9.88. The van der Waals surface area contributed by atoms with Crippen LogP contribution in [0.25, 0.3) is 0 Å². The Labute approximate surface area is 128 Å². The maximum Gasteiger partial charge on any atom is 0.302 e. The van der Waals surface area contributed by atoms with E-state index in [0.29, 0.717) is 0 Å². The molecule has 21 heavy (non-hydrogen) atoms. The third-order valence-electron chi connectivity index (χ3n) is 3.38. The minimum absolute atomic E-state index is 0.0699. The highest BCUT2D eigenvalue weighted by atomic mass is 32.2. The zero-order valence-corrected chi connectivity index (χ0v) is 13.5. The van der Waals surface area contributed by atoms with Gasteiger partial charge in [-0.15, -0.1) is 0 Å². The van der Waals surface area contributed by atoms with Gasteiger partial charge in [0.15, 0.2) is 5.17 Å². The summed E-state index contributed by atoms with van der Waals surface area (Å²) in [5, 5.41) is 10.1. The molecule has 0 aromatic heterocycles. The molecule has 1 aliphatic heterocycles. The van der Waals surface area contributed by atoms with Crippen LogP contribution < -0.4 is 11.1 Å². The average molecular weight is 317 g/mol. The third kappa shape index (κ3) is 4.89. The van der Waals surface area contributed by atoms with Crippen LogP contribution in [0.2, 0.25) is 0 Å². The maximum absolute atomic E-state index is 11.4. The van der Waals surface area contributed by atoms with Crippen LogP contribution in [0.3, 0.4) is 0 Å². The van der Waals surface area contributed by atoms with Gasteiger partial charge in [-0.2, -0.15) is 0 Å². The van der Waals surface area contributed by atoms with Crippen molar-refractivity contribution in [3.8, 4) is 0 Å². The molecule has 1 fully saturated rings. The van der Waals surface area contributed by atoms with Crippen LogP contribution in [-0.4, -0.2) is 40.7 Å². The quantitative estimate of drug-likeness (QED) is 0.402. The van der Waals surface area contributed by atoms with Crippen molar-refractivity contribution in [2.45, 2.75) is 57.8 Å². The highest BCUT2D eigenvalue weighted by molar-refractivity contribution is 8.14. The van der Waals surface area contributed by atoms with Gasteiger partial charge in [0, 0.05) is 19.8 Å². The zero-order chi connectivity index (χ0) is 16.2. The van der Waals surface area contributed by atoms with Crippen LogP contribution in [0, 0.1) is 11.3 Å². The van der Waals surface area contributed by atoms with Gasteiger partial charge in [-0.25, -0.2) is 0 Å². The SMILES string of the molecule is CC[C@H]1OC(SC(=N)N)[C@H](NC(C)=O)[C@@H](OC(C)=O)[C@@H]1C. The number of hydrogen-bond donors (Lipinski definition) is 3. The van der Waals surface area contributed by atoms with Gasteiger partial charge in [0.05, 0.1) is 6.10 Å². The predicted molar refractivity (Wildman–Crippen MR) is 80.8 cm³/mol. The summed E-state index contributed by atoms with van der Waals surface area (Å²) in [7, 11) is 0. The second-order valence-corrected chi connectivity index (χ2v) is 6.23. The van der Waals surface area contributed by atoms with Gasteiger partial charge in [0.25, 0.3) is 0 Å². The van der Waals surface area contributed by atoms with E-state index in [-0.39, 0.29) is 23.1 Å². The van der Waals surface area contributed by atoms with Crippen LogP contribution in [0.4, 0.5) is 0 Å². The van der Waals surface area contributed by atoms with E-state index in [0.717, 1.165) is 18.2 Å². The molecule has 4 N–H and O–H groups in total. The second kappa shape index (κ2) is 7.65. The summed E-state index contributed by atoms with van der Waals surface area (Å²) < 4.78 is 11.3. The average Bonchev–Trinajstić information content (AvgIpc) is 2.35. The highest BCUT2D eigenvalue weighted by Gasteiger charge is 2.46. The Morgan fingerprint density at radius 3 is 2.48 bits per heavy atom. The van der Waals surface area contributed by atoms with E-state index in [4.69, 9.17) is 20.6 Å². The molecule has 1 aliphatic rings. The first-order chi connectivity index (χ1) is 9.76. The molecule has 5 atom stereocenters. The Hall–Kier alpha value is -1.28. The van der Waals surface area contributed by atoms with E-state index in [2.05, 4.69) is 5.32 Å². The lowest BCUT2D eigenvalue weighted by Crippen LogP contribution is -2.60. The van der Waals surface area contributed by atoms with Crippen molar-refractivity contribution in [2.24, 2.45) is 11.7 Å². The summed E-state index contributed by atoms with van der Waals surface area (Å²) >= 11 is 1.01. The third-order valence-corrected chi connectivity index (χ3v) is 4.27. The molecule has 1 saturated heterocycles. The number of ether oxygens (including phenoxy) is 2. The Morgan fingerprint density at radius 2 is 2.05 bits per heavy atom. The summed E-state index contributed by atoms with van der Waals surface area (Å²) in [6, 6.07) is -0.543. The fraction of sp³-hybridized carbons (Fsp3) is 0.769. The molecule has 0 spiro atoms. The first-order valence-electron chi connectivity index (χ1n) is 6.86. The van der Waals surface area contributed by atoms with E-state index >= 15 is 0 Å². The molecule has 7 nitrogen and oxygen atoms in total. The number of hydrogen-bond acceptors (Lipinski definition) is 6. The van der Waals surface area contributed by atoms with Crippen molar-refractivity contribution in [1.82, 2.24) is 5.32 Å². The maximum atomic E-state index is 11.4. The number of carbonyl (C=O) groups is 2. The van der Waals surface area contributed by atoms with Gasteiger partial charge in [-0.1, -0.05) is 25.6 Å². The molecular weight excluding hydrogens is 294 g/mol. The summed E-state index contributed by atoms with van der Waals surface area (Å²) in [5.74, 6) is -0.734. The predicted octanol–water partition coefficient (Wildman–Crippen LogP) is 0.820. The molecule has 0 saturated carbocycles. The molecule has 1 rings (SSSR count). The van der Waals surface area contributed by atoms with Crippen molar-refractivity contribution >= 4 is 28.8 Å². The summed E-state index contributed by atoms with van der Waals surface area (Å²) in [6.07, 6.45) is 0.0962. The minimum atomic E-state index is -0.558. The molecule has 0 aromatic rings. The fourth-order valence-electron chi connectivity index (χ4n) is 2.53. The van der Waals surface area contributed by atoms with Crippen molar-refractivity contribution in [1.29, 1.82) is 5.41 Å². The van der Waals surface area contributed by atoms with Crippen LogP contribution >= 0.6 is 11.8 Å². The number of rotatable bonds is 4. The number of carbonyl (C=O) groups excluding carboxylic acids is 2. The van der Waals surface area contributed by atoms with Gasteiger partial charge < -0.3 is 20.5 Å². The van der Waals surface area contributed by atoms with Crippen LogP contribution in [0.15, 0.2) is 0 Å².